The third-order valence-electron chi connectivity index (χ3n) is 5.96. The maximum Gasteiger partial charge on any atom is 0.321 e. The van der Waals surface area contributed by atoms with Crippen LogP contribution in [0.1, 0.15) is 33.1 Å². The molecule has 3 atom stereocenters. The molecular formula is C21H30N4O3. The fourth-order valence-electron chi connectivity index (χ4n) is 4.49. The molecule has 0 saturated carbocycles. The lowest BCUT2D eigenvalue weighted by Crippen LogP contribution is -2.50. The minimum Gasteiger partial charge on any atom is -0.368 e. The number of hydrogen-bond acceptors (Lipinski definition) is 3. The van der Waals surface area contributed by atoms with Crippen LogP contribution in [0.25, 0.3) is 0 Å². The number of rotatable bonds is 4. The molecule has 0 spiro atoms. The number of primary amides is 1. The number of likely N-dealkylation sites (tertiary alicyclic amines) is 2. The highest BCUT2D eigenvalue weighted by molar-refractivity contribution is 5.89. The van der Waals surface area contributed by atoms with Gasteiger partial charge in [0.15, 0.2) is 0 Å². The smallest absolute Gasteiger partial charge is 0.321 e. The molecule has 7 heteroatoms. The van der Waals surface area contributed by atoms with Gasteiger partial charge in [-0.25, -0.2) is 4.79 Å². The van der Waals surface area contributed by atoms with Gasteiger partial charge in [0.1, 0.15) is 6.04 Å². The lowest BCUT2D eigenvalue weighted by Gasteiger charge is -2.37. The second-order valence-electron chi connectivity index (χ2n) is 8.22. The van der Waals surface area contributed by atoms with E-state index < -0.39 is 11.9 Å². The predicted molar refractivity (Wildman–Crippen MR) is 107 cm³/mol. The summed E-state index contributed by atoms with van der Waals surface area (Å²) in [5.41, 5.74) is 6.35. The van der Waals surface area contributed by atoms with Gasteiger partial charge in [0.2, 0.25) is 11.8 Å². The molecule has 152 valence electrons. The summed E-state index contributed by atoms with van der Waals surface area (Å²) in [5, 5.41) is 2.94. The molecule has 4 amide bonds. The van der Waals surface area contributed by atoms with Crippen molar-refractivity contribution in [1.82, 2.24) is 9.80 Å². The Balaban J connectivity index is 1.65. The number of para-hydroxylation sites is 1. The Labute approximate surface area is 166 Å². The summed E-state index contributed by atoms with van der Waals surface area (Å²) in [7, 11) is 0. The van der Waals surface area contributed by atoms with Gasteiger partial charge in [-0.1, -0.05) is 32.0 Å². The molecule has 28 heavy (non-hydrogen) atoms. The molecule has 3 rings (SSSR count). The molecular weight excluding hydrogens is 356 g/mol. The third-order valence-corrected chi connectivity index (χ3v) is 5.96. The van der Waals surface area contributed by atoms with E-state index in [4.69, 9.17) is 5.73 Å². The zero-order valence-corrected chi connectivity index (χ0v) is 16.6. The number of carbonyl (C=O) groups excluding carboxylic acids is 3. The summed E-state index contributed by atoms with van der Waals surface area (Å²) in [6.07, 6.45) is 2.01. The molecule has 2 saturated heterocycles. The van der Waals surface area contributed by atoms with Crippen LogP contribution in [0, 0.1) is 17.8 Å². The highest BCUT2D eigenvalue weighted by Gasteiger charge is 2.39. The van der Waals surface area contributed by atoms with Crippen molar-refractivity contribution in [3.8, 4) is 0 Å². The summed E-state index contributed by atoms with van der Waals surface area (Å²) < 4.78 is 0. The number of carbonyl (C=O) groups is 3. The maximum absolute atomic E-state index is 12.8. The van der Waals surface area contributed by atoms with Crippen LogP contribution in [-0.4, -0.2) is 53.3 Å². The summed E-state index contributed by atoms with van der Waals surface area (Å²) in [4.78, 5) is 40.8. The summed E-state index contributed by atoms with van der Waals surface area (Å²) >= 11 is 0. The van der Waals surface area contributed by atoms with Gasteiger partial charge in [0, 0.05) is 31.7 Å². The summed E-state index contributed by atoms with van der Waals surface area (Å²) in [6, 6.07) is 8.74. The van der Waals surface area contributed by atoms with Crippen molar-refractivity contribution in [3.63, 3.8) is 0 Å². The Morgan fingerprint density at radius 3 is 2.43 bits per heavy atom. The van der Waals surface area contributed by atoms with E-state index in [-0.39, 0.29) is 29.7 Å². The van der Waals surface area contributed by atoms with E-state index in [2.05, 4.69) is 5.32 Å². The number of fused-ring (bicyclic) bond motifs is 1. The van der Waals surface area contributed by atoms with Crippen LogP contribution in [0.2, 0.25) is 0 Å². The average Bonchev–Trinajstić information content (AvgIpc) is 2.80. The van der Waals surface area contributed by atoms with E-state index in [9.17, 15) is 14.4 Å². The lowest BCUT2D eigenvalue weighted by molar-refractivity contribution is -0.141. The average molecular weight is 386 g/mol. The molecule has 0 bridgehead atoms. The van der Waals surface area contributed by atoms with Crippen LogP contribution in [-0.2, 0) is 9.59 Å². The summed E-state index contributed by atoms with van der Waals surface area (Å²) in [5.74, 6) is 0.0443. The van der Waals surface area contributed by atoms with Crippen LogP contribution < -0.4 is 11.1 Å². The molecule has 0 radical (unpaired) electrons. The first kappa shape index (κ1) is 20.2. The van der Waals surface area contributed by atoms with E-state index in [1.165, 1.54) is 0 Å². The van der Waals surface area contributed by atoms with E-state index in [0.29, 0.717) is 26.1 Å². The number of nitrogens with zero attached hydrogens (tertiary/aromatic N) is 2. The largest absolute Gasteiger partial charge is 0.368 e. The van der Waals surface area contributed by atoms with E-state index >= 15 is 0 Å². The Kier molecular flexibility index (Phi) is 6.21. The quantitative estimate of drug-likeness (QED) is 0.831. The first-order valence-corrected chi connectivity index (χ1v) is 10.1. The minimum absolute atomic E-state index is 0.00665. The molecule has 0 aliphatic carbocycles. The standard InChI is InChI=1S/C21H30N4O3/c1-14(2)19(20(22)27)25-11-9-16-13-24(10-8-15(16)12-18(25)26)21(28)23-17-6-4-3-5-7-17/h3-7,14-16,19H,8-13H2,1-2H3,(H2,22,27)(H,23,28)/t15-,16+,19-/m0/s1. The Morgan fingerprint density at radius 1 is 1.11 bits per heavy atom. The molecule has 1 aromatic carbocycles. The molecule has 2 heterocycles. The van der Waals surface area contributed by atoms with Crippen LogP contribution in [0.5, 0.6) is 0 Å². The SMILES string of the molecule is CC(C)[C@@H](C(N)=O)N1CC[C@@H]2CN(C(=O)Nc3ccccc3)CC[C@H]2CC1=O. The van der Waals surface area contributed by atoms with Gasteiger partial charge >= 0.3 is 6.03 Å². The Hall–Kier alpha value is -2.57. The zero-order chi connectivity index (χ0) is 20.3. The topological polar surface area (TPSA) is 95.7 Å². The van der Waals surface area contributed by atoms with Crippen molar-refractivity contribution in [2.75, 3.05) is 25.0 Å². The second-order valence-corrected chi connectivity index (χ2v) is 8.22. The number of benzene rings is 1. The maximum atomic E-state index is 12.8. The van der Waals surface area contributed by atoms with Crippen LogP contribution in [0.15, 0.2) is 30.3 Å². The number of hydrogen-bond donors (Lipinski definition) is 2. The van der Waals surface area contributed by atoms with Crippen molar-refractivity contribution in [3.05, 3.63) is 30.3 Å². The third kappa shape index (κ3) is 4.46. The molecule has 3 N–H and O–H groups in total. The molecule has 2 aliphatic rings. The molecule has 2 fully saturated rings. The van der Waals surface area contributed by atoms with Crippen molar-refractivity contribution >= 4 is 23.5 Å². The highest BCUT2D eigenvalue weighted by Crippen LogP contribution is 2.33. The fraction of sp³-hybridized carbons (Fsp3) is 0.571. The van der Waals surface area contributed by atoms with Crippen LogP contribution in [0.3, 0.4) is 0 Å². The number of amides is 4. The van der Waals surface area contributed by atoms with Crippen molar-refractivity contribution in [2.45, 2.75) is 39.2 Å². The number of piperidine rings is 1. The van der Waals surface area contributed by atoms with Gasteiger partial charge in [0.25, 0.3) is 0 Å². The Morgan fingerprint density at radius 2 is 1.79 bits per heavy atom. The van der Waals surface area contributed by atoms with E-state index in [0.717, 1.165) is 18.5 Å². The van der Waals surface area contributed by atoms with Crippen LogP contribution >= 0.6 is 0 Å². The van der Waals surface area contributed by atoms with Gasteiger partial charge in [-0.15, -0.1) is 0 Å². The van der Waals surface area contributed by atoms with E-state index in [1.807, 2.05) is 49.1 Å². The molecule has 7 nitrogen and oxygen atoms in total. The van der Waals surface area contributed by atoms with Gasteiger partial charge < -0.3 is 20.9 Å². The second kappa shape index (κ2) is 8.63. The van der Waals surface area contributed by atoms with Gasteiger partial charge in [-0.05, 0) is 42.7 Å². The van der Waals surface area contributed by atoms with Gasteiger partial charge in [-0.3, -0.25) is 9.59 Å². The first-order chi connectivity index (χ1) is 13.4. The molecule has 0 aromatic heterocycles. The number of nitrogens with two attached hydrogens (primary N) is 1. The first-order valence-electron chi connectivity index (χ1n) is 10.1. The van der Waals surface area contributed by atoms with Crippen LogP contribution in [0.4, 0.5) is 10.5 Å². The molecule has 1 aromatic rings. The predicted octanol–water partition coefficient (Wildman–Crippen LogP) is 2.29. The van der Waals surface area contributed by atoms with Gasteiger partial charge in [0.05, 0.1) is 0 Å². The van der Waals surface area contributed by atoms with Crippen molar-refractivity contribution < 1.29 is 14.4 Å². The fourth-order valence-corrected chi connectivity index (χ4v) is 4.49. The normalized spacial score (nSPS) is 23.8. The molecule has 2 aliphatic heterocycles. The summed E-state index contributed by atoms with van der Waals surface area (Å²) in [6.45, 7) is 5.61. The lowest BCUT2D eigenvalue weighted by atomic mass is 9.82. The highest BCUT2D eigenvalue weighted by atomic mass is 16.2. The minimum atomic E-state index is -0.565. The number of nitrogens with one attached hydrogen (secondary N) is 1. The number of urea groups is 1. The van der Waals surface area contributed by atoms with Gasteiger partial charge in [-0.2, -0.15) is 0 Å². The van der Waals surface area contributed by atoms with Crippen molar-refractivity contribution in [2.24, 2.45) is 23.5 Å². The Bertz CT molecular complexity index is 722. The monoisotopic (exact) mass is 386 g/mol. The molecule has 0 unspecified atom stereocenters. The van der Waals surface area contributed by atoms with E-state index in [1.54, 1.807) is 4.90 Å². The number of anilines is 1. The zero-order valence-electron chi connectivity index (χ0n) is 16.6. The van der Waals surface area contributed by atoms with Crippen molar-refractivity contribution in [1.29, 1.82) is 0 Å².